The Morgan fingerprint density at radius 3 is 2.56 bits per heavy atom. The van der Waals surface area contributed by atoms with E-state index < -0.39 is 0 Å². The fourth-order valence-electron chi connectivity index (χ4n) is 2.17. The Hall–Kier alpha value is -1.61. The molecule has 96 valence electrons. The Morgan fingerprint density at radius 2 is 2.00 bits per heavy atom. The fourth-order valence-corrected chi connectivity index (χ4v) is 2.17. The van der Waals surface area contributed by atoms with Gasteiger partial charge < -0.3 is 5.32 Å². The molecular formula is C15H21N3. The van der Waals surface area contributed by atoms with Gasteiger partial charge >= 0.3 is 0 Å². The molecule has 0 aliphatic carbocycles. The predicted molar refractivity (Wildman–Crippen MR) is 75.5 cm³/mol. The first-order chi connectivity index (χ1) is 8.63. The van der Waals surface area contributed by atoms with Crippen LogP contribution in [0.1, 0.15) is 23.7 Å². The summed E-state index contributed by atoms with van der Waals surface area (Å²) in [6.45, 7) is 8.33. The lowest BCUT2D eigenvalue weighted by Crippen LogP contribution is -2.11. The minimum absolute atomic E-state index is 0.934. The summed E-state index contributed by atoms with van der Waals surface area (Å²) in [6, 6.07) is 6.65. The van der Waals surface area contributed by atoms with Crippen molar-refractivity contribution in [1.82, 2.24) is 15.1 Å². The van der Waals surface area contributed by atoms with Crippen LogP contribution in [0.5, 0.6) is 0 Å². The van der Waals surface area contributed by atoms with Crippen molar-refractivity contribution in [3.8, 4) is 11.1 Å². The van der Waals surface area contributed by atoms with Gasteiger partial charge in [0.25, 0.3) is 0 Å². The Labute approximate surface area is 109 Å². The zero-order valence-corrected chi connectivity index (χ0v) is 11.6. The van der Waals surface area contributed by atoms with Gasteiger partial charge in [0.15, 0.2) is 0 Å². The fraction of sp³-hybridized carbons (Fsp3) is 0.400. The first kappa shape index (κ1) is 12.8. The first-order valence-electron chi connectivity index (χ1n) is 6.42. The second-order valence-corrected chi connectivity index (χ2v) is 4.70. The average molecular weight is 243 g/mol. The van der Waals surface area contributed by atoms with Crippen LogP contribution in [0.4, 0.5) is 0 Å². The molecule has 0 radical (unpaired) electrons. The Bertz CT molecular complexity index is 541. The molecular weight excluding hydrogens is 222 g/mol. The van der Waals surface area contributed by atoms with Gasteiger partial charge in [-0.05, 0) is 37.1 Å². The van der Waals surface area contributed by atoms with Crippen molar-refractivity contribution in [3.63, 3.8) is 0 Å². The van der Waals surface area contributed by atoms with Gasteiger partial charge in [0.1, 0.15) is 0 Å². The van der Waals surface area contributed by atoms with Crippen LogP contribution >= 0.6 is 0 Å². The van der Waals surface area contributed by atoms with Crippen LogP contribution in [-0.2, 0) is 13.6 Å². The average Bonchev–Trinajstić information content (AvgIpc) is 2.68. The number of hydrogen-bond donors (Lipinski definition) is 1. The third kappa shape index (κ3) is 2.46. The molecule has 2 rings (SSSR count). The Kier molecular flexibility index (Phi) is 3.82. The minimum atomic E-state index is 0.934. The lowest BCUT2D eigenvalue weighted by atomic mass is 9.99. The molecule has 1 N–H and O–H groups in total. The van der Waals surface area contributed by atoms with E-state index in [2.05, 4.69) is 49.4 Å². The van der Waals surface area contributed by atoms with Crippen molar-refractivity contribution in [3.05, 3.63) is 41.2 Å². The van der Waals surface area contributed by atoms with E-state index in [1.165, 1.54) is 27.9 Å². The molecule has 18 heavy (non-hydrogen) atoms. The molecule has 0 atom stereocenters. The third-order valence-corrected chi connectivity index (χ3v) is 3.40. The van der Waals surface area contributed by atoms with Crippen LogP contribution in [0.3, 0.4) is 0 Å². The topological polar surface area (TPSA) is 29.9 Å². The maximum Gasteiger partial charge on any atom is 0.0571 e. The van der Waals surface area contributed by atoms with Gasteiger partial charge in [-0.2, -0.15) is 5.10 Å². The van der Waals surface area contributed by atoms with E-state index in [9.17, 15) is 0 Å². The molecule has 0 saturated carbocycles. The van der Waals surface area contributed by atoms with Gasteiger partial charge in [-0.25, -0.2) is 0 Å². The number of nitrogens with zero attached hydrogens (tertiary/aromatic N) is 2. The van der Waals surface area contributed by atoms with Gasteiger partial charge in [0.2, 0.25) is 0 Å². The van der Waals surface area contributed by atoms with E-state index in [1.54, 1.807) is 0 Å². The largest absolute Gasteiger partial charge is 0.313 e. The number of nitrogens with one attached hydrogen (secondary N) is 1. The molecule has 1 heterocycles. The molecule has 0 fully saturated rings. The van der Waals surface area contributed by atoms with Crippen molar-refractivity contribution < 1.29 is 0 Å². The molecule has 0 spiro atoms. The standard InChI is InChI=1S/C15H21N3/c1-5-16-9-13-6-7-14(11(2)8-13)15-10-17-18(4)12(15)3/h6-8,10,16H,5,9H2,1-4H3. The molecule has 0 aliphatic rings. The quantitative estimate of drug-likeness (QED) is 0.895. The Balaban J connectivity index is 2.32. The van der Waals surface area contributed by atoms with Crippen molar-refractivity contribution >= 4 is 0 Å². The van der Waals surface area contributed by atoms with Crippen LogP contribution < -0.4 is 5.32 Å². The number of benzene rings is 1. The lowest BCUT2D eigenvalue weighted by molar-refractivity contribution is 0.726. The summed E-state index contributed by atoms with van der Waals surface area (Å²) in [5.74, 6) is 0. The van der Waals surface area contributed by atoms with E-state index in [0.717, 1.165) is 13.1 Å². The molecule has 2 aromatic rings. The molecule has 0 bridgehead atoms. The van der Waals surface area contributed by atoms with Crippen molar-refractivity contribution in [2.45, 2.75) is 27.3 Å². The highest BCUT2D eigenvalue weighted by Gasteiger charge is 2.09. The number of aryl methyl sites for hydroxylation is 2. The first-order valence-corrected chi connectivity index (χ1v) is 6.42. The molecule has 3 heteroatoms. The molecule has 0 unspecified atom stereocenters. The van der Waals surface area contributed by atoms with E-state index >= 15 is 0 Å². The zero-order valence-electron chi connectivity index (χ0n) is 11.6. The highest BCUT2D eigenvalue weighted by molar-refractivity contribution is 5.69. The van der Waals surface area contributed by atoms with E-state index in [-0.39, 0.29) is 0 Å². The molecule has 3 nitrogen and oxygen atoms in total. The maximum atomic E-state index is 4.31. The van der Waals surface area contributed by atoms with Crippen LogP contribution in [0, 0.1) is 13.8 Å². The molecule has 1 aromatic heterocycles. The normalized spacial score (nSPS) is 10.9. The second-order valence-electron chi connectivity index (χ2n) is 4.70. The second kappa shape index (κ2) is 5.36. The van der Waals surface area contributed by atoms with Crippen LogP contribution in [0.25, 0.3) is 11.1 Å². The van der Waals surface area contributed by atoms with Crippen LogP contribution in [0.2, 0.25) is 0 Å². The molecule has 0 aliphatic heterocycles. The number of rotatable bonds is 4. The summed E-state index contributed by atoms with van der Waals surface area (Å²) in [5.41, 5.74) is 6.35. The zero-order chi connectivity index (χ0) is 13.1. The summed E-state index contributed by atoms with van der Waals surface area (Å²) in [7, 11) is 1.98. The Morgan fingerprint density at radius 1 is 1.22 bits per heavy atom. The summed E-state index contributed by atoms with van der Waals surface area (Å²) < 4.78 is 1.92. The summed E-state index contributed by atoms with van der Waals surface area (Å²) >= 11 is 0. The van der Waals surface area contributed by atoms with Crippen molar-refractivity contribution in [2.75, 3.05) is 6.54 Å². The van der Waals surface area contributed by atoms with Crippen LogP contribution in [0.15, 0.2) is 24.4 Å². The van der Waals surface area contributed by atoms with Gasteiger partial charge in [-0.3, -0.25) is 4.68 Å². The summed E-state index contributed by atoms with van der Waals surface area (Å²) in [5, 5.41) is 7.66. The highest BCUT2D eigenvalue weighted by Crippen LogP contribution is 2.26. The van der Waals surface area contributed by atoms with Gasteiger partial charge in [-0.1, -0.05) is 25.1 Å². The summed E-state index contributed by atoms with van der Waals surface area (Å²) in [4.78, 5) is 0. The van der Waals surface area contributed by atoms with Crippen LogP contribution in [-0.4, -0.2) is 16.3 Å². The van der Waals surface area contributed by atoms with Gasteiger partial charge in [0.05, 0.1) is 6.20 Å². The van der Waals surface area contributed by atoms with Gasteiger partial charge in [0, 0.05) is 24.8 Å². The maximum absolute atomic E-state index is 4.31. The van der Waals surface area contributed by atoms with E-state index in [0.29, 0.717) is 0 Å². The van der Waals surface area contributed by atoms with Gasteiger partial charge in [-0.15, -0.1) is 0 Å². The molecule has 1 aromatic carbocycles. The smallest absolute Gasteiger partial charge is 0.0571 e. The van der Waals surface area contributed by atoms with E-state index in [4.69, 9.17) is 0 Å². The SMILES string of the molecule is CCNCc1ccc(-c2cnn(C)c2C)c(C)c1. The molecule has 0 amide bonds. The van der Waals surface area contributed by atoms with E-state index in [1.807, 2.05) is 17.9 Å². The molecule has 0 saturated heterocycles. The highest BCUT2D eigenvalue weighted by atomic mass is 15.3. The van der Waals surface area contributed by atoms with Crippen molar-refractivity contribution in [2.24, 2.45) is 7.05 Å². The summed E-state index contributed by atoms with van der Waals surface area (Å²) in [6.07, 6.45) is 1.95. The van der Waals surface area contributed by atoms with Crippen molar-refractivity contribution in [1.29, 1.82) is 0 Å². The lowest BCUT2D eigenvalue weighted by Gasteiger charge is -2.09. The number of aromatic nitrogens is 2. The third-order valence-electron chi connectivity index (χ3n) is 3.40. The predicted octanol–water partition coefficient (Wildman–Crippen LogP) is 2.81. The monoisotopic (exact) mass is 243 g/mol. The minimum Gasteiger partial charge on any atom is -0.313 e. The number of hydrogen-bond acceptors (Lipinski definition) is 2.